The van der Waals surface area contributed by atoms with Crippen molar-refractivity contribution in [2.24, 2.45) is 11.8 Å². The summed E-state index contributed by atoms with van der Waals surface area (Å²) in [5.74, 6) is -3.75. The van der Waals surface area contributed by atoms with Gasteiger partial charge in [0.1, 0.15) is 5.60 Å². The smallest absolute Gasteiger partial charge is 0.338 e. The van der Waals surface area contributed by atoms with E-state index in [0.717, 1.165) is 0 Å². The van der Waals surface area contributed by atoms with Gasteiger partial charge < -0.3 is 24.3 Å². The van der Waals surface area contributed by atoms with Crippen LogP contribution in [0.25, 0.3) is 0 Å². The maximum atomic E-state index is 12.8. The van der Waals surface area contributed by atoms with Gasteiger partial charge in [-0.3, -0.25) is 4.79 Å². The summed E-state index contributed by atoms with van der Waals surface area (Å²) in [5, 5.41) is 11.5. The van der Waals surface area contributed by atoms with Gasteiger partial charge in [0.15, 0.2) is 0 Å². The van der Waals surface area contributed by atoms with Gasteiger partial charge in [0.25, 0.3) is 0 Å². The summed E-state index contributed by atoms with van der Waals surface area (Å²) < 4.78 is 10.7. The average molecular weight is 342 g/mol. The predicted octanol–water partition coefficient (Wildman–Crippen LogP) is -0.100. The summed E-state index contributed by atoms with van der Waals surface area (Å²) in [6.45, 7) is 2.25. The lowest BCUT2D eigenvalue weighted by Crippen LogP contribution is -2.45. The van der Waals surface area contributed by atoms with E-state index in [1.54, 1.807) is 43.3 Å². The van der Waals surface area contributed by atoms with Gasteiger partial charge in [0.05, 0.1) is 30.7 Å². The van der Waals surface area contributed by atoms with Crippen LogP contribution in [-0.4, -0.2) is 42.7 Å². The molecule has 4 atom stereocenters. The van der Waals surface area contributed by atoms with Gasteiger partial charge in [-0.25, -0.2) is 4.79 Å². The van der Waals surface area contributed by atoms with Crippen LogP contribution in [0.15, 0.2) is 36.4 Å². The maximum Gasteiger partial charge on any atom is 0.338 e. The number of rotatable bonds is 4. The number of fused-ring (bicyclic) bond motifs is 1. The van der Waals surface area contributed by atoms with E-state index in [9.17, 15) is 19.5 Å². The fourth-order valence-corrected chi connectivity index (χ4v) is 3.98. The Balaban J connectivity index is 1.61. The van der Waals surface area contributed by atoms with Crippen molar-refractivity contribution < 1.29 is 29.0 Å². The number of anilines is 1. The molecule has 1 aromatic carbocycles. The van der Waals surface area contributed by atoms with Crippen molar-refractivity contribution >= 4 is 23.5 Å². The van der Waals surface area contributed by atoms with Gasteiger partial charge in [-0.05, 0) is 31.2 Å². The fraction of sp³-hybridized carbons (Fsp3) is 0.389. The molecule has 2 fully saturated rings. The summed E-state index contributed by atoms with van der Waals surface area (Å²) in [4.78, 5) is 37.5. The highest BCUT2D eigenvalue weighted by Crippen LogP contribution is 2.52. The monoisotopic (exact) mass is 342 g/mol. The zero-order valence-electron chi connectivity index (χ0n) is 13.5. The maximum absolute atomic E-state index is 12.8. The number of nitrogens with zero attached hydrogens (tertiary/aromatic N) is 1. The van der Waals surface area contributed by atoms with Crippen molar-refractivity contribution in [1.29, 1.82) is 0 Å². The zero-order chi connectivity index (χ0) is 17.8. The first-order valence-corrected chi connectivity index (χ1v) is 8.13. The average Bonchev–Trinajstić information content (AvgIpc) is 3.23. The highest BCUT2D eigenvalue weighted by Gasteiger charge is 2.65. The third-order valence-electron chi connectivity index (χ3n) is 5.06. The molecular weight excluding hydrogens is 326 g/mol. The topological polar surface area (TPSA) is 96.0 Å². The normalized spacial score (nSPS) is 32.1. The van der Waals surface area contributed by atoms with Crippen LogP contribution in [0.3, 0.4) is 0 Å². The van der Waals surface area contributed by atoms with Crippen molar-refractivity contribution in [3.63, 3.8) is 0 Å². The molecule has 4 rings (SSSR count). The molecule has 1 amide bonds. The van der Waals surface area contributed by atoms with Crippen molar-refractivity contribution in [2.45, 2.75) is 18.6 Å². The minimum absolute atomic E-state index is 0.242. The Morgan fingerprint density at radius 2 is 2.08 bits per heavy atom. The Hall–Kier alpha value is -2.67. The number of carboxylic acids is 1. The highest BCUT2D eigenvalue weighted by atomic mass is 16.5. The summed E-state index contributed by atoms with van der Waals surface area (Å²) in [7, 11) is 0. The molecule has 2 bridgehead atoms. The van der Waals surface area contributed by atoms with Crippen LogP contribution >= 0.6 is 0 Å². The standard InChI is InChI=1S/C18H17NO6/c1-2-24-17(23)10-3-5-11(6-4-10)19-9-18-8-7-12(25-18)13(16(21)22)14(18)15(19)20/h3-8,12-14H,2,9H2,1H3,(H,21,22)/p-1/t12-,13+,14+,18+/m1/s1. The molecule has 7 heteroatoms. The van der Waals surface area contributed by atoms with Crippen LogP contribution in [0.1, 0.15) is 17.3 Å². The molecule has 2 saturated heterocycles. The van der Waals surface area contributed by atoms with E-state index >= 15 is 0 Å². The fourth-order valence-electron chi connectivity index (χ4n) is 3.98. The van der Waals surface area contributed by atoms with Gasteiger partial charge in [-0.1, -0.05) is 12.2 Å². The molecule has 3 aliphatic heterocycles. The first-order chi connectivity index (χ1) is 12.0. The molecule has 0 aromatic heterocycles. The molecule has 3 heterocycles. The summed E-state index contributed by atoms with van der Waals surface area (Å²) in [5.41, 5.74) is 0.0615. The van der Waals surface area contributed by atoms with Gasteiger partial charge in [0, 0.05) is 17.6 Å². The first kappa shape index (κ1) is 15.8. The van der Waals surface area contributed by atoms with E-state index in [1.807, 2.05) is 0 Å². The lowest BCUT2D eigenvalue weighted by atomic mass is 9.77. The number of hydrogen-bond donors (Lipinski definition) is 0. The molecule has 7 nitrogen and oxygen atoms in total. The van der Waals surface area contributed by atoms with E-state index in [0.29, 0.717) is 11.3 Å². The molecule has 1 aromatic rings. The number of carboxylic acid groups (broad SMARTS) is 1. The lowest BCUT2D eigenvalue weighted by Gasteiger charge is -2.24. The largest absolute Gasteiger partial charge is 0.550 e. The third-order valence-corrected chi connectivity index (χ3v) is 5.06. The Labute approximate surface area is 143 Å². The number of carbonyl (C=O) groups is 3. The van der Waals surface area contributed by atoms with Crippen molar-refractivity contribution in [1.82, 2.24) is 0 Å². The highest BCUT2D eigenvalue weighted by molar-refractivity contribution is 6.02. The number of carbonyl (C=O) groups excluding carboxylic acids is 3. The predicted molar refractivity (Wildman–Crippen MR) is 83.5 cm³/mol. The second-order valence-corrected chi connectivity index (χ2v) is 6.41. The second-order valence-electron chi connectivity index (χ2n) is 6.41. The molecule has 0 aliphatic carbocycles. The van der Waals surface area contributed by atoms with Crippen LogP contribution in [0.5, 0.6) is 0 Å². The van der Waals surface area contributed by atoms with E-state index in [-0.39, 0.29) is 19.1 Å². The SMILES string of the molecule is CCOC(=O)c1ccc(N2C[C@]34C=C[C@@H](O3)[C@H](C(=O)[O-])[C@H]4C2=O)cc1. The Morgan fingerprint density at radius 3 is 2.72 bits per heavy atom. The molecule has 0 saturated carbocycles. The Bertz CT molecular complexity index is 785. The van der Waals surface area contributed by atoms with Crippen molar-refractivity contribution in [3.05, 3.63) is 42.0 Å². The molecule has 3 aliphatic rings. The van der Waals surface area contributed by atoms with E-state index < -0.39 is 35.5 Å². The van der Waals surface area contributed by atoms with E-state index in [4.69, 9.17) is 9.47 Å². The van der Waals surface area contributed by atoms with Crippen molar-refractivity contribution in [3.8, 4) is 0 Å². The van der Waals surface area contributed by atoms with E-state index in [2.05, 4.69) is 0 Å². The first-order valence-electron chi connectivity index (χ1n) is 8.13. The number of amides is 1. The van der Waals surface area contributed by atoms with Gasteiger partial charge in [0.2, 0.25) is 5.91 Å². The molecule has 0 N–H and O–H groups in total. The minimum atomic E-state index is -1.27. The minimum Gasteiger partial charge on any atom is -0.550 e. The summed E-state index contributed by atoms with van der Waals surface area (Å²) >= 11 is 0. The van der Waals surface area contributed by atoms with Crippen LogP contribution in [0.4, 0.5) is 5.69 Å². The van der Waals surface area contributed by atoms with Crippen LogP contribution < -0.4 is 10.0 Å². The molecular formula is C18H16NO6-. The van der Waals surface area contributed by atoms with E-state index in [1.165, 1.54) is 4.90 Å². The number of benzene rings is 1. The number of ether oxygens (including phenoxy) is 2. The second kappa shape index (κ2) is 5.42. The van der Waals surface area contributed by atoms with Crippen LogP contribution in [0.2, 0.25) is 0 Å². The van der Waals surface area contributed by atoms with Crippen molar-refractivity contribution in [2.75, 3.05) is 18.1 Å². The summed E-state index contributed by atoms with van der Waals surface area (Å²) in [6.07, 6.45) is 2.87. The molecule has 0 radical (unpaired) electrons. The van der Waals surface area contributed by atoms with Crippen LogP contribution in [-0.2, 0) is 19.1 Å². The lowest BCUT2D eigenvalue weighted by molar-refractivity contribution is -0.313. The Morgan fingerprint density at radius 1 is 1.36 bits per heavy atom. The quantitative estimate of drug-likeness (QED) is 0.560. The van der Waals surface area contributed by atoms with Gasteiger partial charge in [-0.2, -0.15) is 0 Å². The number of hydrogen-bond acceptors (Lipinski definition) is 6. The molecule has 130 valence electrons. The van der Waals surface area contributed by atoms with Gasteiger partial charge >= 0.3 is 5.97 Å². The molecule has 0 unspecified atom stereocenters. The number of esters is 1. The third kappa shape index (κ3) is 2.19. The summed E-state index contributed by atoms with van der Waals surface area (Å²) in [6, 6.07) is 6.45. The number of aliphatic carboxylic acids is 1. The molecule has 25 heavy (non-hydrogen) atoms. The molecule has 1 spiro atoms. The zero-order valence-corrected chi connectivity index (χ0v) is 13.5. The van der Waals surface area contributed by atoms with Crippen LogP contribution in [0, 0.1) is 11.8 Å². The Kier molecular flexibility index (Phi) is 3.43. The van der Waals surface area contributed by atoms with Gasteiger partial charge in [-0.15, -0.1) is 0 Å².